The van der Waals surface area contributed by atoms with Gasteiger partial charge in [0.05, 0.1) is 28.2 Å². The minimum absolute atomic E-state index is 0.220. The fraction of sp³-hybridized carbons (Fsp3) is 0.409. The molecule has 2 atom stereocenters. The van der Waals surface area contributed by atoms with E-state index in [0.29, 0.717) is 5.56 Å². The van der Waals surface area contributed by atoms with Gasteiger partial charge in [-0.05, 0) is 81.5 Å². The minimum Gasteiger partial charge on any atom is -0.481 e. The number of hydrogen-bond donors (Lipinski definition) is 2. The zero-order valence-corrected chi connectivity index (χ0v) is 18.0. The molecule has 0 fully saturated rings. The number of aliphatic carboxylic acids is 1. The number of aryl methyl sites for hydroxylation is 3. The Morgan fingerprint density at radius 3 is 2.21 bits per heavy atom. The zero-order valence-electron chi connectivity index (χ0n) is 17.2. The highest BCUT2D eigenvalue weighted by Gasteiger charge is 2.28. The lowest BCUT2D eigenvalue weighted by Gasteiger charge is -2.25. The summed E-state index contributed by atoms with van der Waals surface area (Å²) < 4.78 is 29.8. The Kier molecular flexibility index (Phi) is 6.78. The minimum atomic E-state index is -1.54. The molecule has 28 heavy (non-hydrogen) atoms. The summed E-state index contributed by atoms with van der Waals surface area (Å²) in [5, 5.41) is 9.33. The van der Waals surface area contributed by atoms with E-state index in [1.54, 1.807) is 39.8 Å². The van der Waals surface area contributed by atoms with Crippen LogP contribution in [0, 0.1) is 26.6 Å². The standard InChI is InChI=1S/C22H28FNO3S/c1-13-8-7-9-14(2)20(13)16-10-15(3)21(23)17(11-16)18(12-19(25)26)24-28(27)22(4,5)6/h7-11,18,24H,12H2,1-6H3,(H,25,26)/t18-,28?/m0/s1. The molecule has 2 N–H and O–H groups in total. The number of hydrogen-bond acceptors (Lipinski definition) is 2. The van der Waals surface area contributed by atoms with Crippen molar-refractivity contribution in [2.45, 2.75) is 58.8 Å². The maximum atomic E-state index is 15.0. The Morgan fingerprint density at radius 1 is 1.14 bits per heavy atom. The molecule has 6 heteroatoms. The maximum Gasteiger partial charge on any atom is 0.305 e. The second kappa shape index (κ2) is 8.53. The first kappa shape index (κ1) is 22.2. The van der Waals surface area contributed by atoms with Crippen molar-refractivity contribution in [2.24, 2.45) is 0 Å². The van der Waals surface area contributed by atoms with Crippen LogP contribution < -0.4 is 4.72 Å². The van der Waals surface area contributed by atoms with Crippen LogP contribution in [0.15, 0.2) is 30.3 Å². The van der Waals surface area contributed by atoms with Gasteiger partial charge in [-0.3, -0.25) is 4.79 Å². The lowest BCUT2D eigenvalue weighted by molar-refractivity contribution is -0.137. The number of carboxylic acid groups (broad SMARTS) is 1. The molecule has 0 aliphatic heterocycles. The van der Waals surface area contributed by atoms with E-state index in [2.05, 4.69) is 4.72 Å². The van der Waals surface area contributed by atoms with E-state index in [9.17, 15) is 14.1 Å². The molecule has 1 unspecified atom stereocenters. The monoisotopic (exact) mass is 405 g/mol. The molecule has 0 saturated carbocycles. The van der Waals surface area contributed by atoms with Gasteiger partial charge in [0.1, 0.15) is 5.82 Å². The smallest absolute Gasteiger partial charge is 0.305 e. The van der Waals surface area contributed by atoms with Crippen LogP contribution in [-0.4, -0.2) is 20.0 Å². The Balaban J connectivity index is 2.62. The molecule has 0 spiro atoms. The third-order valence-corrected chi connectivity index (χ3v) is 6.22. The van der Waals surface area contributed by atoms with Crippen molar-refractivity contribution in [3.8, 4) is 11.1 Å². The highest BCUT2D eigenvalue weighted by Crippen LogP contribution is 2.33. The van der Waals surface area contributed by atoms with E-state index in [1.807, 2.05) is 32.0 Å². The molecule has 0 saturated heterocycles. The molecule has 0 bridgehead atoms. The van der Waals surface area contributed by atoms with E-state index in [-0.39, 0.29) is 12.0 Å². The summed E-state index contributed by atoms with van der Waals surface area (Å²) in [5.74, 6) is -1.56. The molecule has 0 aliphatic rings. The van der Waals surface area contributed by atoms with Gasteiger partial charge in [0.2, 0.25) is 0 Å². The molecule has 0 heterocycles. The molecule has 2 aromatic carbocycles. The number of nitrogens with one attached hydrogen (secondary N) is 1. The summed E-state index contributed by atoms with van der Waals surface area (Å²) >= 11 is 0. The quantitative estimate of drug-likeness (QED) is 0.712. The second-order valence-electron chi connectivity index (χ2n) is 8.11. The Bertz CT molecular complexity index is 898. The van der Waals surface area contributed by atoms with Crippen molar-refractivity contribution in [1.29, 1.82) is 0 Å². The van der Waals surface area contributed by atoms with Gasteiger partial charge in [0.15, 0.2) is 0 Å². The third kappa shape index (κ3) is 5.06. The summed E-state index contributed by atoms with van der Waals surface area (Å²) in [5.41, 5.74) is 4.57. The highest BCUT2D eigenvalue weighted by molar-refractivity contribution is 7.84. The van der Waals surface area contributed by atoms with Gasteiger partial charge in [-0.2, -0.15) is 0 Å². The van der Waals surface area contributed by atoms with Crippen LogP contribution in [0.5, 0.6) is 0 Å². The van der Waals surface area contributed by atoms with Crippen molar-refractivity contribution < 1.29 is 18.5 Å². The van der Waals surface area contributed by atoms with E-state index in [0.717, 1.165) is 22.3 Å². The van der Waals surface area contributed by atoms with Crippen LogP contribution in [0.4, 0.5) is 4.39 Å². The first-order valence-electron chi connectivity index (χ1n) is 9.18. The molecule has 0 amide bonds. The molecule has 0 aromatic heterocycles. The average molecular weight is 406 g/mol. The van der Waals surface area contributed by atoms with E-state index in [4.69, 9.17) is 0 Å². The Morgan fingerprint density at radius 2 is 1.71 bits per heavy atom. The lowest BCUT2D eigenvalue weighted by atomic mass is 9.91. The largest absolute Gasteiger partial charge is 0.481 e. The fourth-order valence-corrected chi connectivity index (χ4v) is 3.98. The van der Waals surface area contributed by atoms with Crippen molar-refractivity contribution in [3.05, 3.63) is 58.4 Å². The van der Waals surface area contributed by atoms with E-state index >= 15 is 4.39 Å². The van der Waals surface area contributed by atoms with Crippen LogP contribution >= 0.6 is 0 Å². The Hall–Kier alpha value is -2.05. The van der Waals surface area contributed by atoms with E-state index < -0.39 is 33.6 Å². The molecular formula is C22H28FNO3S. The van der Waals surface area contributed by atoms with Gasteiger partial charge in [0, 0.05) is 5.56 Å². The maximum absolute atomic E-state index is 15.0. The molecule has 152 valence electrons. The number of carbonyl (C=O) groups is 1. The van der Waals surface area contributed by atoms with E-state index in [1.165, 1.54) is 0 Å². The van der Waals surface area contributed by atoms with Crippen LogP contribution in [0.2, 0.25) is 0 Å². The van der Waals surface area contributed by atoms with Gasteiger partial charge >= 0.3 is 5.97 Å². The summed E-state index contributed by atoms with van der Waals surface area (Å²) in [6.07, 6.45) is -0.367. The summed E-state index contributed by atoms with van der Waals surface area (Å²) in [7, 11) is -1.54. The SMILES string of the molecule is Cc1cc(-c2c(C)cccc2C)cc([C@H](CC(=O)O)NS(=O)C(C)(C)C)c1F. The molecule has 2 rings (SSSR count). The number of carboxylic acids is 1. The predicted octanol–water partition coefficient (Wildman–Crippen LogP) is 4.99. The van der Waals surface area contributed by atoms with Crippen LogP contribution in [0.25, 0.3) is 11.1 Å². The molecule has 4 nitrogen and oxygen atoms in total. The molecule has 0 radical (unpaired) electrons. The first-order valence-corrected chi connectivity index (χ1v) is 10.3. The second-order valence-corrected chi connectivity index (χ2v) is 10.1. The number of halogens is 1. The normalized spacial score (nSPS) is 14.0. The first-order chi connectivity index (χ1) is 12.9. The van der Waals surface area contributed by atoms with Crippen molar-refractivity contribution in [2.75, 3.05) is 0 Å². The van der Waals surface area contributed by atoms with Gasteiger partial charge in [-0.15, -0.1) is 0 Å². The number of rotatable bonds is 6. The van der Waals surface area contributed by atoms with Crippen LogP contribution in [-0.2, 0) is 15.8 Å². The third-order valence-electron chi connectivity index (χ3n) is 4.61. The summed E-state index contributed by atoms with van der Waals surface area (Å²) in [6, 6.07) is 8.49. The van der Waals surface area contributed by atoms with Crippen molar-refractivity contribution >= 4 is 17.0 Å². The van der Waals surface area contributed by atoms with Gasteiger partial charge in [0.25, 0.3) is 0 Å². The number of benzene rings is 2. The summed E-state index contributed by atoms with van der Waals surface area (Å²) in [4.78, 5) is 11.4. The predicted molar refractivity (Wildman–Crippen MR) is 112 cm³/mol. The van der Waals surface area contributed by atoms with Crippen molar-refractivity contribution in [1.82, 2.24) is 4.72 Å². The lowest BCUT2D eigenvalue weighted by Crippen LogP contribution is -2.37. The van der Waals surface area contributed by atoms with Crippen molar-refractivity contribution in [3.63, 3.8) is 0 Å². The zero-order chi connectivity index (χ0) is 21.2. The average Bonchev–Trinajstić information content (AvgIpc) is 2.55. The highest BCUT2D eigenvalue weighted by atomic mass is 32.2. The molecule has 0 aliphatic carbocycles. The Labute approximate surface area is 168 Å². The van der Waals surface area contributed by atoms with Gasteiger partial charge in [-0.25, -0.2) is 13.3 Å². The summed E-state index contributed by atoms with van der Waals surface area (Å²) in [6.45, 7) is 11.0. The molecular weight excluding hydrogens is 377 g/mol. The van der Waals surface area contributed by atoms with Crippen LogP contribution in [0.1, 0.15) is 55.5 Å². The van der Waals surface area contributed by atoms with Gasteiger partial charge in [-0.1, -0.05) is 18.2 Å². The fourth-order valence-electron chi connectivity index (χ4n) is 3.16. The van der Waals surface area contributed by atoms with Gasteiger partial charge < -0.3 is 5.11 Å². The molecule has 2 aromatic rings. The van der Waals surface area contributed by atoms with Crippen LogP contribution in [0.3, 0.4) is 0 Å². The topological polar surface area (TPSA) is 66.4 Å².